The van der Waals surface area contributed by atoms with Gasteiger partial charge in [0.05, 0.1) is 21.2 Å². The molecule has 27 heavy (non-hydrogen) atoms. The third kappa shape index (κ3) is 3.96. The minimum atomic E-state index is -3.47. The van der Waals surface area contributed by atoms with Gasteiger partial charge in [0.25, 0.3) is 5.91 Å². The number of H-pyrrole nitrogens is 1. The number of aryl methyl sites for hydroxylation is 1. The van der Waals surface area contributed by atoms with Crippen LogP contribution in [0, 0.1) is 6.92 Å². The van der Waals surface area contributed by atoms with Crippen LogP contribution in [0.2, 0.25) is 5.02 Å². The maximum absolute atomic E-state index is 12.6. The van der Waals surface area contributed by atoms with Crippen molar-refractivity contribution in [3.05, 3.63) is 75.4 Å². The Bertz CT molecular complexity index is 1200. The minimum Gasteiger partial charge on any atom is -0.322 e. The van der Waals surface area contributed by atoms with Gasteiger partial charge in [0.1, 0.15) is 0 Å². The molecule has 0 saturated heterocycles. The molecule has 0 aliphatic heterocycles. The van der Waals surface area contributed by atoms with Gasteiger partial charge < -0.3 is 10.3 Å². The van der Waals surface area contributed by atoms with Crippen LogP contribution in [-0.2, 0) is 9.84 Å². The van der Waals surface area contributed by atoms with Crippen molar-refractivity contribution in [1.82, 2.24) is 9.55 Å². The van der Waals surface area contributed by atoms with Gasteiger partial charge in [-0.15, -0.1) is 0 Å². The average Bonchev–Trinajstić information content (AvgIpc) is 2.93. The minimum absolute atomic E-state index is 0.000278. The molecule has 0 aliphatic carbocycles. The summed E-state index contributed by atoms with van der Waals surface area (Å²) in [6.07, 6.45) is 2.64. The number of aromatic amines is 1. The van der Waals surface area contributed by atoms with Gasteiger partial charge in [-0.3, -0.25) is 9.36 Å². The van der Waals surface area contributed by atoms with Crippen LogP contribution in [0.1, 0.15) is 16.1 Å². The molecule has 1 heterocycles. The lowest BCUT2D eigenvalue weighted by Gasteiger charge is -2.10. The van der Waals surface area contributed by atoms with Crippen LogP contribution in [0.3, 0.4) is 0 Å². The Kier molecular flexibility index (Phi) is 4.95. The molecule has 0 fully saturated rings. The van der Waals surface area contributed by atoms with E-state index in [2.05, 4.69) is 10.3 Å². The third-order valence-corrected chi connectivity index (χ3v) is 5.37. The zero-order valence-electron chi connectivity index (χ0n) is 14.5. The first-order valence-corrected chi connectivity index (χ1v) is 10.1. The fraction of sp³-hybridized carbons (Fsp3) is 0.111. The van der Waals surface area contributed by atoms with E-state index in [-0.39, 0.29) is 21.2 Å². The summed E-state index contributed by atoms with van der Waals surface area (Å²) in [5.41, 5.74) is 1.48. The lowest BCUT2D eigenvalue weighted by molar-refractivity contribution is 0.102. The summed E-state index contributed by atoms with van der Waals surface area (Å²) in [7, 11) is -3.47. The smallest absolute Gasteiger partial charge is 0.322 e. The highest BCUT2D eigenvalue weighted by Gasteiger charge is 2.16. The number of aromatic nitrogens is 2. The monoisotopic (exact) mass is 405 g/mol. The molecule has 3 aromatic rings. The Labute approximate surface area is 160 Å². The first kappa shape index (κ1) is 18.9. The van der Waals surface area contributed by atoms with Crippen LogP contribution in [-0.4, -0.2) is 30.1 Å². The van der Waals surface area contributed by atoms with Gasteiger partial charge in [0, 0.05) is 23.8 Å². The van der Waals surface area contributed by atoms with Crippen molar-refractivity contribution in [2.24, 2.45) is 0 Å². The van der Waals surface area contributed by atoms with Crippen molar-refractivity contribution in [3.63, 3.8) is 0 Å². The van der Waals surface area contributed by atoms with Gasteiger partial charge in [-0.2, -0.15) is 0 Å². The number of hydrogen-bond acceptors (Lipinski definition) is 4. The Balaban J connectivity index is 1.94. The summed E-state index contributed by atoms with van der Waals surface area (Å²) in [4.78, 5) is 27.1. The normalized spacial score (nSPS) is 11.4. The van der Waals surface area contributed by atoms with E-state index in [1.54, 1.807) is 37.4 Å². The van der Waals surface area contributed by atoms with E-state index in [1.807, 2.05) is 0 Å². The summed E-state index contributed by atoms with van der Waals surface area (Å²) in [6.45, 7) is 1.78. The molecule has 0 radical (unpaired) electrons. The molecular weight excluding hydrogens is 390 g/mol. The van der Waals surface area contributed by atoms with Crippen molar-refractivity contribution in [2.75, 3.05) is 11.6 Å². The largest absolute Gasteiger partial charge is 0.330 e. The molecule has 0 aliphatic rings. The molecule has 3 rings (SSSR count). The number of anilines is 1. The number of nitrogens with zero attached hydrogens (tertiary/aromatic N) is 1. The van der Waals surface area contributed by atoms with E-state index in [0.29, 0.717) is 17.1 Å². The second-order valence-electron chi connectivity index (χ2n) is 5.99. The number of sulfone groups is 1. The number of benzene rings is 2. The van der Waals surface area contributed by atoms with Crippen molar-refractivity contribution in [2.45, 2.75) is 11.8 Å². The van der Waals surface area contributed by atoms with Gasteiger partial charge in [0.2, 0.25) is 0 Å². The van der Waals surface area contributed by atoms with Crippen LogP contribution in [0.25, 0.3) is 5.69 Å². The number of hydrogen-bond donors (Lipinski definition) is 2. The Morgan fingerprint density at radius 2 is 1.93 bits per heavy atom. The SMILES string of the molecule is Cc1c[nH]c(=O)n1-c1cccc(NC(=O)c2cc(S(C)(=O)=O)ccc2Cl)c1. The highest BCUT2D eigenvalue weighted by Crippen LogP contribution is 2.22. The van der Waals surface area contributed by atoms with Gasteiger partial charge in [-0.05, 0) is 43.3 Å². The number of carbonyl (C=O) groups is 1. The number of halogens is 1. The number of carbonyl (C=O) groups excluding carboxylic acids is 1. The number of amides is 1. The summed E-state index contributed by atoms with van der Waals surface area (Å²) >= 11 is 6.06. The molecular formula is C18H16ClN3O4S. The van der Waals surface area contributed by atoms with Gasteiger partial charge in [0.15, 0.2) is 9.84 Å². The maximum atomic E-state index is 12.6. The first-order valence-electron chi connectivity index (χ1n) is 7.85. The maximum Gasteiger partial charge on any atom is 0.330 e. The topological polar surface area (TPSA) is 101 Å². The predicted octanol–water partition coefficient (Wildman–Crippen LogP) is 2.78. The number of imidazole rings is 1. The third-order valence-electron chi connectivity index (χ3n) is 3.93. The average molecular weight is 406 g/mol. The summed E-state index contributed by atoms with van der Waals surface area (Å²) in [5.74, 6) is -0.555. The van der Waals surface area contributed by atoms with E-state index >= 15 is 0 Å². The van der Waals surface area contributed by atoms with Crippen LogP contribution >= 0.6 is 11.6 Å². The van der Waals surface area contributed by atoms with Crippen molar-refractivity contribution in [1.29, 1.82) is 0 Å². The molecule has 1 aromatic heterocycles. The summed E-state index contributed by atoms with van der Waals surface area (Å²) < 4.78 is 24.9. The van der Waals surface area contributed by atoms with Crippen LogP contribution in [0.5, 0.6) is 0 Å². The molecule has 0 bridgehead atoms. The Hall–Kier alpha value is -2.84. The molecule has 9 heteroatoms. The molecule has 0 atom stereocenters. The molecule has 0 unspecified atom stereocenters. The molecule has 0 spiro atoms. The molecule has 2 N–H and O–H groups in total. The lowest BCUT2D eigenvalue weighted by atomic mass is 10.2. The van der Waals surface area contributed by atoms with E-state index in [9.17, 15) is 18.0 Å². The highest BCUT2D eigenvalue weighted by molar-refractivity contribution is 7.90. The molecule has 7 nitrogen and oxygen atoms in total. The molecule has 2 aromatic carbocycles. The molecule has 140 valence electrons. The fourth-order valence-corrected chi connectivity index (χ4v) is 3.46. The highest BCUT2D eigenvalue weighted by atomic mass is 35.5. The molecule has 0 saturated carbocycles. The second-order valence-corrected chi connectivity index (χ2v) is 8.41. The summed E-state index contributed by atoms with van der Waals surface area (Å²) in [6, 6.07) is 10.7. The van der Waals surface area contributed by atoms with Gasteiger partial charge in [-0.25, -0.2) is 13.2 Å². The van der Waals surface area contributed by atoms with Crippen molar-refractivity contribution < 1.29 is 13.2 Å². The standard InChI is InChI=1S/C18H16ClN3O4S/c1-11-10-20-18(24)22(11)13-5-3-4-12(8-13)21-17(23)15-9-14(27(2,25)26)6-7-16(15)19/h3-10H,1-2H3,(H,20,24)(H,21,23). The Morgan fingerprint density at radius 3 is 2.56 bits per heavy atom. The van der Waals surface area contributed by atoms with Gasteiger partial charge >= 0.3 is 5.69 Å². The zero-order valence-corrected chi connectivity index (χ0v) is 16.1. The first-order chi connectivity index (χ1) is 12.7. The summed E-state index contributed by atoms with van der Waals surface area (Å²) in [5, 5.41) is 2.81. The fourth-order valence-electron chi connectivity index (χ4n) is 2.61. The van der Waals surface area contributed by atoms with Crippen LogP contribution in [0.4, 0.5) is 5.69 Å². The second kappa shape index (κ2) is 7.05. The quantitative estimate of drug-likeness (QED) is 0.696. The zero-order chi connectivity index (χ0) is 19.8. The van der Waals surface area contributed by atoms with E-state index in [1.165, 1.54) is 22.8 Å². The lowest BCUT2D eigenvalue weighted by Crippen LogP contribution is -2.17. The number of rotatable bonds is 4. The van der Waals surface area contributed by atoms with Crippen LogP contribution in [0.15, 0.2) is 58.4 Å². The van der Waals surface area contributed by atoms with E-state index in [0.717, 1.165) is 6.26 Å². The van der Waals surface area contributed by atoms with Gasteiger partial charge in [-0.1, -0.05) is 17.7 Å². The predicted molar refractivity (Wildman–Crippen MR) is 104 cm³/mol. The van der Waals surface area contributed by atoms with Crippen molar-refractivity contribution in [3.8, 4) is 5.69 Å². The van der Waals surface area contributed by atoms with Crippen molar-refractivity contribution >= 4 is 33.0 Å². The number of nitrogens with one attached hydrogen (secondary N) is 2. The van der Waals surface area contributed by atoms with Crippen LogP contribution < -0.4 is 11.0 Å². The van der Waals surface area contributed by atoms with E-state index < -0.39 is 15.7 Å². The Morgan fingerprint density at radius 1 is 1.19 bits per heavy atom. The molecule has 1 amide bonds. The van der Waals surface area contributed by atoms with E-state index in [4.69, 9.17) is 11.6 Å².